The predicted molar refractivity (Wildman–Crippen MR) is 71.1 cm³/mol. The summed E-state index contributed by atoms with van der Waals surface area (Å²) in [4.78, 5) is 15.8. The maximum atomic E-state index is 11.4. The first-order valence-corrected chi connectivity index (χ1v) is 6.62. The van der Waals surface area contributed by atoms with Gasteiger partial charge in [0.25, 0.3) is 0 Å². The molecule has 1 N–H and O–H groups in total. The van der Waals surface area contributed by atoms with E-state index in [1.165, 1.54) is 18.4 Å². The van der Waals surface area contributed by atoms with Gasteiger partial charge in [-0.1, -0.05) is 36.3 Å². The van der Waals surface area contributed by atoms with Gasteiger partial charge < -0.3 is 10.1 Å². The van der Waals surface area contributed by atoms with Crippen molar-refractivity contribution >= 4 is 34.0 Å². The van der Waals surface area contributed by atoms with Crippen molar-refractivity contribution in [2.45, 2.75) is 39.2 Å². The highest BCUT2D eigenvalue weighted by molar-refractivity contribution is 7.18. The second kappa shape index (κ2) is 5.69. The monoisotopic (exact) mass is 276 g/mol. The zero-order valence-electron chi connectivity index (χ0n) is 10.5. The lowest BCUT2D eigenvalue weighted by Gasteiger charge is -2.25. The summed E-state index contributed by atoms with van der Waals surface area (Å²) < 4.78 is 4.63. The molecule has 0 atom stereocenters. The third kappa shape index (κ3) is 3.85. The number of carbonyl (C=O) groups excluding carboxylic acids is 1. The molecular weight excluding hydrogens is 260 g/mol. The zero-order valence-corrected chi connectivity index (χ0v) is 12.0. The van der Waals surface area contributed by atoms with Crippen LogP contribution in [0.5, 0.6) is 0 Å². The van der Waals surface area contributed by atoms with Crippen molar-refractivity contribution in [1.82, 2.24) is 4.98 Å². The van der Waals surface area contributed by atoms with Crippen molar-refractivity contribution in [1.29, 1.82) is 0 Å². The van der Waals surface area contributed by atoms with E-state index in [0.717, 1.165) is 12.8 Å². The molecule has 1 rings (SSSR count). The molecule has 0 radical (unpaired) electrons. The lowest BCUT2D eigenvalue weighted by atomic mass is 10.00. The highest BCUT2D eigenvalue weighted by atomic mass is 35.5. The minimum Gasteiger partial charge on any atom is -0.465 e. The van der Waals surface area contributed by atoms with E-state index in [2.05, 4.69) is 35.8 Å². The van der Waals surface area contributed by atoms with E-state index in [9.17, 15) is 4.79 Å². The molecule has 0 spiro atoms. The number of nitrogens with one attached hydrogen (secondary N) is 1. The minimum absolute atomic E-state index is 0.0661. The number of methoxy groups -OCH3 is 1. The molecule has 0 saturated carbocycles. The molecule has 0 unspecified atom stereocenters. The van der Waals surface area contributed by atoms with Crippen molar-refractivity contribution in [2.24, 2.45) is 0 Å². The molecule has 1 aromatic rings. The van der Waals surface area contributed by atoms with Crippen LogP contribution in [0, 0.1) is 0 Å². The van der Waals surface area contributed by atoms with Crippen LogP contribution in [0.3, 0.4) is 0 Å². The van der Waals surface area contributed by atoms with Gasteiger partial charge in [0.05, 0.1) is 7.11 Å². The maximum Gasteiger partial charge on any atom is 0.351 e. The number of rotatable bonds is 5. The lowest BCUT2D eigenvalue weighted by Crippen LogP contribution is -2.30. The summed E-state index contributed by atoms with van der Waals surface area (Å²) in [5, 5.41) is 4.11. The van der Waals surface area contributed by atoms with E-state index in [-0.39, 0.29) is 10.7 Å². The van der Waals surface area contributed by atoms with Crippen LogP contribution in [-0.2, 0) is 4.74 Å². The fourth-order valence-electron chi connectivity index (χ4n) is 1.55. The number of carbonyl (C=O) groups is 1. The van der Waals surface area contributed by atoms with Crippen LogP contribution < -0.4 is 5.32 Å². The van der Waals surface area contributed by atoms with E-state index in [1.807, 2.05) is 0 Å². The van der Waals surface area contributed by atoms with Gasteiger partial charge in [0, 0.05) is 5.54 Å². The molecule has 0 amide bonds. The molecular formula is C11H17ClN2O2S. The van der Waals surface area contributed by atoms with Gasteiger partial charge in [-0.3, -0.25) is 0 Å². The first kappa shape index (κ1) is 14.3. The molecule has 17 heavy (non-hydrogen) atoms. The quantitative estimate of drug-likeness (QED) is 0.835. The van der Waals surface area contributed by atoms with Crippen molar-refractivity contribution in [3.05, 3.63) is 10.0 Å². The molecule has 6 heteroatoms. The summed E-state index contributed by atoms with van der Waals surface area (Å²) in [7, 11) is 1.33. The van der Waals surface area contributed by atoms with Gasteiger partial charge in [0.15, 0.2) is 15.2 Å². The van der Waals surface area contributed by atoms with Gasteiger partial charge >= 0.3 is 5.97 Å². The average Bonchev–Trinajstić information content (AvgIpc) is 2.57. The third-order valence-electron chi connectivity index (χ3n) is 2.28. The Morgan fingerprint density at radius 1 is 1.59 bits per heavy atom. The number of aromatic nitrogens is 1. The molecule has 0 fully saturated rings. The molecule has 0 aliphatic carbocycles. The van der Waals surface area contributed by atoms with Gasteiger partial charge in [-0.25, -0.2) is 9.78 Å². The van der Waals surface area contributed by atoms with Crippen LogP contribution in [0.1, 0.15) is 43.3 Å². The Morgan fingerprint density at radius 2 is 2.24 bits per heavy atom. The molecule has 0 bridgehead atoms. The number of halogens is 1. The molecule has 0 aromatic carbocycles. The van der Waals surface area contributed by atoms with Crippen molar-refractivity contribution in [2.75, 3.05) is 12.4 Å². The highest BCUT2D eigenvalue weighted by Crippen LogP contribution is 2.30. The Bertz CT molecular complexity index is 404. The number of ether oxygens (including phenoxy) is 1. The predicted octanol–water partition coefficient (Wildman–Crippen LogP) is 3.57. The van der Waals surface area contributed by atoms with Crippen LogP contribution in [0.15, 0.2) is 0 Å². The summed E-state index contributed by atoms with van der Waals surface area (Å²) in [6, 6.07) is 0. The third-order valence-corrected chi connectivity index (χ3v) is 3.61. The lowest BCUT2D eigenvalue weighted by molar-refractivity contribution is 0.0606. The normalized spacial score (nSPS) is 11.4. The Hall–Kier alpha value is -0.810. The van der Waals surface area contributed by atoms with Gasteiger partial charge in [-0.2, -0.15) is 0 Å². The smallest absolute Gasteiger partial charge is 0.351 e. The summed E-state index contributed by atoms with van der Waals surface area (Å²) in [5.41, 5.74) is -0.0661. The second-order valence-electron chi connectivity index (χ2n) is 4.39. The number of anilines is 1. The van der Waals surface area contributed by atoms with E-state index in [1.54, 1.807) is 0 Å². The van der Waals surface area contributed by atoms with Crippen molar-refractivity contribution < 1.29 is 9.53 Å². The van der Waals surface area contributed by atoms with Gasteiger partial charge in [-0.15, -0.1) is 0 Å². The Kier molecular flexibility index (Phi) is 4.77. The SMILES string of the molecule is CCCC(C)(C)Nc1nc(Cl)c(C(=O)OC)s1. The topological polar surface area (TPSA) is 51.2 Å². The van der Waals surface area contributed by atoms with Gasteiger partial charge in [0.2, 0.25) is 0 Å². The molecule has 0 aliphatic heterocycles. The first-order valence-electron chi connectivity index (χ1n) is 5.42. The fraction of sp³-hybridized carbons (Fsp3) is 0.636. The Morgan fingerprint density at radius 3 is 2.76 bits per heavy atom. The summed E-state index contributed by atoms with van der Waals surface area (Å²) >= 11 is 7.10. The summed E-state index contributed by atoms with van der Waals surface area (Å²) in [6.07, 6.45) is 2.08. The van der Waals surface area contributed by atoms with Crippen molar-refractivity contribution in [3.8, 4) is 0 Å². The number of esters is 1. The van der Waals surface area contributed by atoms with Crippen LogP contribution in [0.25, 0.3) is 0 Å². The standard InChI is InChI=1S/C11H17ClN2O2S/c1-5-6-11(2,3)14-10-13-8(12)7(17-10)9(15)16-4/h5-6H2,1-4H3,(H,13,14). The van der Waals surface area contributed by atoms with Gasteiger partial charge in [0.1, 0.15) is 0 Å². The van der Waals surface area contributed by atoms with Crippen LogP contribution in [-0.4, -0.2) is 23.6 Å². The number of nitrogens with zero attached hydrogens (tertiary/aromatic N) is 1. The van der Waals surface area contributed by atoms with Crippen LogP contribution in [0.2, 0.25) is 5.15 Å². The van der Waals surface area contributed by atoms with E-state index in [0.29, 0.717) is 10.0 Å². The largest absolute Gasteiger partial charge is 0.465 e. The molecule has 1 heterocycles. The second-order valence-corrected chi connectivity index (χ2v) is 5.75. The Labute approximate surface area is 110 Å². The van der Waals surface area contributed by atoms with E-state index >= 15 is 0 Å². The van der Waals surface area contributed by atoms with E-state index in [4.69, 9.17) is 11.6 Å². The minimum atomic E-state index is -0.450. The zero-order chi connectivity index (χ0) is 13.1. The molecule has 1 aromatic heterocycles. The van der Waals surface area contributed by atoms with Gasteiger partial charge in [-0.05, 0) is 20.3 Å². The number of hydrogen-bond acceptors (Lipinski definition) is 5. The summed E-state index contributed by atoms with van der Waals surface area (Å²) in [6.45, 7) is 6.30. The van der Waals surface area contributed by atoms with Crippen molar-refractivity contribution in [3.63, 3.8) is 0 Å². The maximum absolute atomic E-state index is 11.4. The van der Waals surface area contributed by atoms with E-state index < -0.39 is 5.97 Å². The first-order chi connectivity index (χ1) is 7.89. The number of hydrogen-bond donors (Lipinski definition) is 1. The average molecular weight is 277 g/mol. The highest BCUT2D eigenvalue weighted by Gasteiger charge is 2.22. The molecule has 4 nitrogen and oxygen atoms in total. The van der Waals surface area contributed by atoms with Crippen LogP contribution in [0.4, 0.5) is 5.13 Å². The Balaban J connectivity index is 2.84. The van der Waals surface area contributed by atoms with Crippen LogP contribution >= 0.6 is 22.9 Å². The number of thiazole rings is 1. The molecule has 96 valence electrons. The summed E-state index contributed by atoms with van der Waals surface area (Å²) in [5.74, 6) is -0.450. The molecule has 0 aliphatic rings. The fourth-order valence-corrected chi connectivity index (χ4v) is 2.83. The molecule has 0 saturated heterocycles.